The Morgan fingerprint density at radius 3 is 2.30 bits per heavy atom. The number of para-hydroxylation sites is 1. The third-order valence-corrected chi connectivity index (χ3v) is 6.72. The van der Waals surface area contributed by atoms with Crippen molar-refractivity contribution in [2.45, 2.75) is 11.4 Å². The van der Waals surface area contributed by atoms with Crippen LogP contribution in [0.3, 0.4) is 0 Å². The average molecular weight is 395 g/mol. The van der Waals surface area contributed by atoms with Gasteiger partial charge in [0.25, 0.3) is 0 Å². The zero-order valence-electron chi connectivity index (χ0n) is 15.4. The van der Waals surface area contributed by atoms with E-state index in [0.29, 0.717) is 37.7 Å². The van der Waals surface area contributed by atoms with E-state index < -0.39 is 15.8 Å². The molecule has 0 saturated carbocycles. The predicted molar refractivity (Wildman–Crippen MR) is 99.1 cm³/mol. The van der Waals surface area contributed by atoms with Gasteiger partial charge in [0.2, 0.25) is 10.0 Å². The van der Waals surface area contributed by atoms with Gasteiger partial charge in [-0.2, -0.15) is 4.31 Å². The number of quaternary nitrogens is 1. The van der Waals surface area contributed by atoms with Gasteiger partial charge in [0.1, 0.15) is 12.4 Å². The number of ether oxygens (including phenoxy) is 2. The fourth-order valence-corrected chi connectivity index (χ4v) is 4.78. The van der Waals surface area contributed by atoms with Crippen LogP contribution in [-0.2, 0) is 16.6 Å². The third-order valence-electron chi connectivity index (χ3n) is 4.81. The molecule has 8 heteroatoms. The number of methoxy groups -OCH3 is 2. The van der Waals surface area contributed by atoms with Gasteiger partial charge in [-0.15, -0.1) is 0 Å². The fourth-order valence-electron chi connectivity index (χ4n) is 3.34. The van der Waals surface area contributed by atoms with Crippen molar-refractivity contribution < 1.29 is 27.2 Å². The lowest BCUT2D eigenvalue weighted by Crippen LogP contribution is -3.13. The minimum atomic E-state index is -3.59. The molecule has 1 heterocycles. The van der Waals surface area contributed by atoms with Gasteiger partial charge in [-0.3, -0.25) is 0 Å². The maximum absolute atomic E-state index is 13.1. The summed E-state index contributed by atoms with van der Waals surface area (Å²) in [5.74, 6) is 0.955. The van der Waals surface area contributed by atoms with Crippen molar-refractivity contribution in [2.75, 3.05) is 40.4 Å². The highest BCUT2D eigenvalue weighted by atomic mass is 32.2. The molecule has 1 saturated heterocycles. The van der Waals surface area contributed by atoms with E-state index in [4.69, 9.17) is 9.47 Å². The first-order valence-electron chi connectivity index (χ1n) is 8.75. The van der Waals surface area contributed by atoms with Crippen molar-refractivity contribution in [1.82, 2.24) is 4.31 Å². The number of halogens is 1. The topological polar surface area (TPSA) is 60.3 Å². The highest BCUT2D eigenvalue weighted by molar-refractivity contribution is 7.89. The molecule has 1 N–H and O–H groups in total. The Morgan fingerprint density at radius 1 is 1.04 bits per heavy atom. The molecule has 0 aromatic heterocycles. The number of nitrogens with one attached hydrogen (secondary N) is 1. The SMILES string of the molecule is COc1cccc(C[NH+]2CCN(S(=O)(=O)c3ccc(F)cc3)CC2)c1OC. The molecule has 0 atom stereocenters. The molecule has 0 bridgehead atoms. The highest BCUT2D eigenvalue weighted by Gasteiger charge is 2.30. The van der Waals surface area contributed by atoms with E-state index in [0.717, 1.165) is 12.1 Å². The number of sulfonamides is 1. The molecule has 0 radical (unpaired) electrons. The van der Waals surface area contributed by atoms with Crippen LogP contribution in [0.4, 0.5) is 4.39 Å². The number of rotatable bonds is 6. The van der Waals surface area contributed by atoms with E-state index in [2.05, 4.69) is 0 Å². The van der Waals surface area contributed by atoms with Crippen molar-refractivity contribution in [3.63, 3.8) is 0 Å². The van der Waals surface area contributed by atoms with Crippen LogP contribution in [0.25, 0.3) is 0 Å². The Labute approximate surface area is 159 Å². The average Bonchev–Trinajstić information content (AvgIpc) is 2.68. The molecule has 1 fully saturated rings. The molecule has 0 spiro atoms. The Balaban J connectivity index is 1.67. The first kappa shape index (κ1) is 19.6. The fraction of sp³-hybridized carbons (Fsp3) is 0.368. The zero-order chi connectivity index (χ0) is 19.4. The second-order valence-electron chi connectivity index (χ2n) is 6.44. The molecule has 2 aromatic carbocycles. The first-order chi connectivity index (χ1) is 13.0. The highest BCUT2D eigenvalue weighted by Crippen LogP contribution is 2.30. The lowest BCUT2D eigenvalue weighted by molar-refractivity contribution is -0.917. The summed E-state index contributed by atoms with van der Waals surface area (Å²) >= 11 is 0. The van der Waals surface area contributed by atoms with Crippen molar-refractivity contribution in [2.24, 2.45) is 0 Å². The third kappa shape index (κ3) is 4.23. The summed E-state index contributed by atoms with van der Waals surface area (Å²) < 4.78 is 50.7. The molecule has 146 valence electrons. The summed E-state index contributed by atoms with van der Waals surface area (Å²) in [5.41, 5.74) is 1.03. The zero-order valence-corrected chi connectivity index (χ0v) is 16.3. The van der Waals surface area contributed by atoms with Gasteiger partial charge in [-0.25, -0.2) is 12.8 Å². The number of hydrogen-bond acceptors (Lipinski definition) is 4. The number of benzene rings is 2. The smallest absolute Gasteiger partial charge is 0.243 e. The Hall–Kier alpha value is -2.16. The van der Waals surface area contributed by atoms with Crippen LogP contribution < -0.4 is 14.4 Å². The maximum Gasteiger partial charge on any atom is 0.243 e. The Bertz CT molecular complexity index is 879. The minimum absolute atomic E-state index is 0.127. The standard InChI is InChI=1S/C19H23FN2O4S/c1-25-18-5-3-4-15(19(18)26-2)14-21-10-12-22(13-11-21)27(23,24)17-8-6-16(20)7-9-17/h3-9H,10-14H2,1-2H3/p+1. The Morgan fingerprint density at radius 2 is 1.70 bits per heavy atom. The molecule has 0 amide bonds. The van der Waals surface area contributed by atoms with E-state index >= 15 is 0 Å². The van der Waals surface area contributed by atoms with Gasteiger partial charge in [0.15, 0.2) is 11.5 Å². The summed E-state index contributed by atoms with van der Waals surface area (Å²) in [6.45, 7) is 2.93. The second-order valence-corrected chi connectivity index (χ2v) is 8.38. The van der Waals surface area contributed by atoms with Crippen LogP contribution in [0, 0.1) is 5.82 Å². The molecule has 0 aliphatic carbocycles. The van der Waals surface area contributed by atoms with Crippen LogP contribution in [0.2, 0.25) is 0 Å². The summed E-state index contributed by atoms with van der Waals surface area (Å²) in [6.07, 6.45) is 0. The number of hydrogen-bond donors (Lipinski definition) is 1. The van der Waals surface area contributed by atoms with Gasteiger partial charge >= 0.3 is 0 Å². The molecule has 3 rings (SSSR count). The molecule has 1 aliphatic heterocycles. The molecule has 0 unspecified atom stereocenters. The van der Waals surface area contributed by atoms with Crippen LogP contribution in [0.15, 0.2) is 47.4 Å². The minimum Gasteiger partial charge on any atom is -0.493 e. The lowest BCUT2D eigenvalue weighted by atomic mass is 10.1. The normalized spacial score (nSPS) is 16.3. The molecule has 27 heavy (non-hydrogen) atoms. The van der Waals surface area contributed by atoms with Crippen molar-refractivity contribution in [3.8, 4) is 11.5 Å². The number of piperazine rings is 1. The van der Waals surface area contributed by atoms with E-state index in [1.54, 1.807) is 14.2 Å². The van der Waals surface area contributed by atoms with Crippen LogP contribution in [-0.4, -0.2) is 53.1 Å². The van der Waals surface area contributed by atoms with Crippen molar-refractivity contribution in [1.29, 1.82) is 0 Å². The largest absolute Gasteiger partial charge is 0.493 e. The van der Waals surface area contributed by atoms with Gasteiger partial charge < -0.3 is 14.4 Å². The van der Waals surface area contributed by atoms with E-state index in [-0.39, 0.29) is 4.90 Å². The summed E-state index contributed by atoms with van der Waals surface area (Å²) in [7, 11) is -0.370. The van der Waals surface area contributed by atoms with Crippen LogP contribution >= 0.6 is 0 Å². The van der Waals surface area contributed by atoms with Crippen LogP contribution in [0.1, 0.15) is 5.56 Å². The van der Waals surface area contributed by atoms with Gasteiger partial charge in [0.05, 0.1) is 50.9 Å². The van der Waals surface area contributed by atoms with E-state index in [1.165, 1.54) is 33.5 Å². The van der Waals surface area contributed by atoms with E-state index in [9.17, 15) is 12.8 Å². The predicted octanol–water partition coefficient (Wildman–Crippen LogP) is 0.932. The van der Waals surface area contributed by atoms with Gasteiger partial charge in [-0.05, 0) is 36.4 Å². The molecular weight excluding hydrogens is 371 g/mol. The maximum atomic E-state index is 13.1. The lowest BCUT2D eigenvalue weighted by Gasteiger charge is -2.31. The summed E-state index contributed by atoms with van der Waals surface area (Å²) in [4.78, 5) is 1.40. The molecule has 6 nitrogen and oxygen atoms in total. The summed E-state index contributed by atoms with van der Waals surface area (Å²) in [6, 6.07) is 10.7. The summed E-state index contributed by atoms with van der Waals surface area (Å²) in [5, 5.41) is 0. The second kappa shape index (κ2) is 8.24. The Kier molecular flexibility index (Phi) is 5.98. The van der Waals surface area contributed by atoms with Gasteiger partial charge in [0, 0.05) is 0 Å². The van der Waals surface area contributed by atoms with E-state index in [1.807, 2.05) is 18.2 Å². The number of nitrogens with zero attached hydrogens (tertiary/aromatic N) is 1. The molecular formula is C19H24FN2O4S+. The molecule has 1 aliphatic rings. The van der Waals surface area contributed by atoms with Crippen LogP contribution in [0.5, 0.6) is 11.5 Å². The van der Waals surface area contributed by atoms with Crippen molar-refractivity contribution >= 4 is 10.0 Å². The van der Waals surface area contributed by atoms with Crippen molar-refractivity contribution in [3.05, 3.63) is 53.8 Å². The van der Waals surface area contributed by atoms with Gasteiger partial charge in [-0.1, -0.05) is 6.07 Å². The molecule has 2 aromatic rings. The quantitative estimate of drug-likeness (QED) is 0.791. The first-order valence-corrected chi connectivity index (χ1v) is 10.2. The monoisotopic (exact) mass is 395 g/mol.